The van der Waals surface area contributed by atoms with Crippen molar-refractivity contribution < 1.29 is 19.1 Å². The number of hydrogen-bond acceptors (Lipinski definition) is 6. The van der Waals surface area contributed by atoms with Crippen molar-refractivity contribution in [2.45, 2.75) is 25.1 Å². The van der Waals surface area contributed by atoms with E-state index in [2.05, 4.69) is 4.99 Å². The Balaban J connectivity index is 2.03. The number of allylic oxidation sites excluding steroid dienone is 1. The molecular formula is C18H19ClN2O4S. The second kappa shape index (κ2) is 7.82. The van der Waals surface area contributed by atoms with Crippen LogP contribution < -0.4 is 0 Å². The van der Waals surface area contributed by atoms with E-state index in [0.717, 1.165) is 5.56 Å². The summed E-state index contributed by atoms with van der Waals surface area (Å²) in [6, 6.07) is 6.52. The predicted octanol–water partition coefficient (Wildman–Crippen LogP) is 3.18. The maximum absolute atomic E-state index is 12.7. The van der Waals surface area contributed by atoms with Crippen molar-refractivity contribution in [3.8, 4) is 0 Å². The highest BCUT2D eigenvalue weighted by Gasteiger charge is 2.46. The highest BCUT2D eigenvalue weighted by Crippen LogP contribution is 2.43. The van der Waals surface area contributed by atoms with Crippen LogP contribution in [0.3, 0.4) is 0 Å². The van der Waals surface area contributed by atoms with Gasteiger partial charge in [0.25, 0.3) is 0 Å². The first kappa shape index (κ1) is 18.9. The lowest BCUT2D eigenvalue weighted by Gasteiger charge is -2.33. The molecule has 8 heteroatoms. The third kappa shape index (κ3) is 3.51. The zero-order chi connectivity index (χ0) is 18.8. The average molecular weight is 395 g/mol. The molecule has 26 heavy (non-hydrogen) atoms. The first-order valence-electron chi connectivity index (χ1n) is 8.14. The van der Waals surface area contributed by atoms with Gasteiger partial charge < -0.3 is 9.47 Å². The molecule has 0 saturated carbocycles. The zero-order valence-corrected chi connectivity index (χ0v) is 16.3. The number of aliphatic imine (C=N–C) groups is 1. The number of esters is 1. The SMILES string of the molecule is COCCOC(=O)C1=C(C)N=C2S[C@H](C)C(=O)N2[C@H]1c1ccc(Cl)cc1. The monoisotopic (exact) mass is 394 g/mol. The van der Waals surface area contributed by atoms with Gasteiger partial charge in [-0.1, -0.05) is 35.5 Å². The van der Waals surface area contributed by atoms with E-state index in [-0.39, 0.29) is 17.8 Å². The van der Waals surface area contributed by atoms with Crippen molar-refractivity contribution in [2.75, 3.05) is 20.3 Å². The topological polar surface area (TPSA) is 68.2 Å². The molecule has 2 atom stereocenters. The van der Waals surface area contributed by atoms with E-state index in [1.165, 1.54) is 18.9 Å². The lowest BCUT2D eigenvalue weighted by molar-refractivity contribution is -0.141. The van der Waals surface area contributed by atoms with Crippen molar-refractivity contribution in [1.82, 2.24) is 4.90 Å². The molecule has 6 nitrogen and oxygen atoms in total. The number of amides is 1. The van der Waals surface area contributed by atoms with Crippen LogP contribution in [0.25, 0.3) is 0 Å². The molecule has 1 aromatic rings. The van der Waals surface area contributed by atoms with Crippen molar-refractivity contribution in [3.63, 3.8) is 0 Å². The Morgan fingerprint density at radius 3 is 2.65 bits per heavy atom. The second-order valence-electron chi connectivity index (χ2n) is 5.94. The highest BCUT2D eigenvalue weighted by atomic mass is 35.5. The van der Waals surface area contributed by atoms with Gasteiger partial charge in [0.05, 0.1) is 29.2 Å². The molecule has 1 saturated heterocycles. The number of carbonyl (C=O) groups is 2. The van der Waals surface area contributed by atoms with Gasteiger partial charge in [-0.15, -0.1) is 0 Å². The van der Waals surface area contributed by atoms with Gasteiger partial charge in [-0.25, -0.2) is 9.79 Å². The van der Waals surface area contributed by atoms with Gasteiger partial charge in [-0.3, -0.25) is 9.69 Å². The lowest BCUT2D eigenvalue weighted by atomic mass is 9.94. The normalized spacial score (nSPS) is 22.4. The van der Waals surface area contributed by atoms with Gasteiger partial charge >= 0.3 is 5.97 Å². The molecule has 0 aliphatic carbocycles. The number of rotatable bonds is 5. The van der Waals surface area contributed by atoms with E-state index >= 15 is 0 Å². The summed E-state index contributed by atoms with van der Waals surface area (Å²) < 4.78 is 10.2. The summed E-state index contributed by atoms with van der Waals surface area (Å²) in [6.07, 6.45) is 0. The smallest absolute Gasteiger partial charge is 0.338 e. The number of thioether (sulfide) groups is 1. The zero-order valence-electron chi connectivity index (χ0n) is 14.7. The molecule has 0 bridgehead atoms. The Morgan fingerprint density at radius 2 is 2.00 bits per heavy atom. The first-order chi connectivity index (χ1) is 12.4. The van der Waals surface area contributed by atoms with E-state index in [9.17, 15) is 9.59 Å². The number of halogens is 1. The van der Waals surface area contributed by atoms with E-state index < -0.39 is 12.0 Å². The Morgan fingerprint density at radius 1 is 1.31 bits per heavy atom. The van der Waals surface area contributed by atoms with Crippen molar-refractivity contribution in [2.24, 2.45) is 4.99 Å². The van der Waals surface area contributed by atoms with Gasteiger partial charge in [0.1, 0.15) is 6.61 Å². The third-order valence-electron chi connectivity index (χ3n) is 4.18. The van der Waals surface area contributed by atoms with Crippen LogP contribution in [0.5, 0.6) is 0 Å². The summed E-state index contributed by atoms with van der Waals surface area (Å²) in [5, 5.41) is 0.937. The van der Waals surface area contributed by atoms with E-state index in [1.54, 1.807) is 24.0 Å². The molecule has 1 aromatic carbocycles. The molecule has 2 aliphatic rings. The summed E-state index contributed by atoms with van der Waals surface area (Å²) in [4.78, 5) is 31.5. The minimum absolute atomic E-state index is 0.0802. The van der Waals surface area contributed by atoms with E-state index in [0.29, 0.717) is 28.1 Å². The quantitative estimate of drug-likeness (QED) is 0.566. The molecule has 0 radical (unpaired) electrons. The van der Waals surface area contributed by atoms with Crippen LogP contribution in [0.4, 0.5) is 0 Å². The average Bonchev–Trinajstić information content (AvgIpc) is 2.88. The molecule has 2 aliphatic heterocycles. The van der Waals surface area contributed by atoms with Crippen molar-refractivity contribution in [1.29, 1.82) is 0 Å². The Kier molecular flexibility index (Phi) is 5.70. The van der Waals surface area contributed by atoms with Crippen LogP contribution in [0.15, 0.2) is 40.5 Å². The van der Waals surface area contributed by atoms with Crippen LogP contribution >= 0.6 is 23.4 Å². The van der Waals surface area contributed by atoms with Gasteiger partial charge in [0, 0.05) is 12.1 Å². The molecule has 2 heterocycles. The molecule has 1 fully saturated rings. The van der Waals surface area contributed by atoms with Crippen LogP contribution in [0.1, 0.15) is 25.5 Å². The number of ether oxygens (including phenoxy) is 2. The highest BCUT2D eigenvalue weighted by molar-refractivity contribution is 8.15. The van der Waals surface area contributed by atoms with Crippen LogP contribution in [-0.4, -0.2) is 47.5 Å². The largest absolute Gasteiger partial charge is 0.460 e. The van der Waals surface area contributed by atoms with Crippen LogP contribution in [0, 0.1) is 0 Å². The van der Waals surface area contributed by atoms with Crippen LogP contribution in [0.2, 0.25) is 5.02 Å². The van der Waals surface area contributed by atoms with Crippen LogP contribution in [-0.2, 0) is 19.1 Å². The minimum atomic E-state index is -0.584. The van der Waals surface area contributed by atoms with Gasteiger partial charge in [0.2, 0.25) is 5.91 Å². The number of methoxy groups -OCH3 is 1. The number of hydrogen-bond donors (Lipinski definition) is 0. The molecule has 0 unspecified atom stereocenters. The third-order valence-corrected chi connectivity index (χ3v) is 5.49. The predicted molar refractivity (Wildman–Crippen MR) is 101 cm³/mol. The number of carbonyl (C=O) groups excluding carboxylic acids is 2. The summed E-state index contributed by atoms with van der Waals surface area (Å²) >= 11 is 7.39. The summed E-state index contributed by atoms with van der Waals surface area (Å²) in [5.74, 6) is -0.581. The molecule has 3 rings (SSSR count). The van der Waals surface area contributed by atoms with Gasteiger partial charge in [-0.05, 0) is 31.5 Å². The number of amidine groups is 1. The Labute approximate surface area is 161 Å². The molecule has 0 N–H and O–H groups in total. The minimum Gasteiger partial charge on any atom is -0.460 e. The fraction of sp³-hybridized carbons (Fsp3) is 0.389. The second-order valence-corrected chi connectivity index (χ2v) is 7.69. The van der Waals surface area contributed by atoms with Gasteiger partial charge in [-0.2, -0.15) is 0 Å². The maximum atomic E-state index is 12.7. The summed E-state index contributed by atoms with van der Waals surface area (Å²) in [5.41, 5.74) is 1.69. The molecule has 0 aromatic heterocycles. The lowest BCUT2D eigenvalue weighted by Crippen LogP contribution is -2.40. The summed E-state index contributed by atoms with van der Waals surface area (Å²) in [7, 11) is 1.54. The Bertz CT molecular complexity index is 791. The fourth-order valence-corrected chi connectivity index (χ4v) is 4.07. The van der Waals surface area contributed by atoms with Gasteiger partial charge in [0.15, 0.2) is 5.17 Å². The fourth-order valence-electron chi connectivity index (χ4n) is 2.92. The van der Waals surface area contributed by atoms with E-state index in [4.69, 9.17) is 21.1 Å². The number of nitrogens with zero attached hydrogens (tertiary/aromatic N) is 2. The molecule has 1 amide bonds. The van der Waals surface area contributed by atoms with E-state index in [1.807, 2.05) is 19.1 Å². The number of benzene rings is 1. The van der Waals surface area contributed by atoms with Crippen molar-refractivity contribution in [3.05, 3.63) is 46.1 Å². The Hall–Kier alpha value is -1.83. The van der Waals surface area contributed by atoms with Crippen molar-refractivity contribution >= 4 is 40.4 Å². The standard InChI is InChI=1S/C18H19ClN2O4S/c1-10-14(17(23)25-9-8-24-3)15(12-4-6-13(19)7-5-12)21-16(22)11(2)26-18(21)20-10/h4-7,11,15H,8-9H2,1-3H3/t11-,15+/m1/s1. The number of fused-ring (bicyclic) bond motifs is 1. The first-order valence-corrected chi connectivity index (χ1v) is 9.40. The summed E-state index contributed by atoms with van der Waals surface area (Å²) in [6.45, 7) is 4.02. The molecule has 0 spiro atoms. The molecule has 138 valence electrons. The maximum Gasteiger partial charge on any atom is 0.338 e. The molecular weight excluding hydrogens is 376 g/mol.